The molecule has 0 aliphatic carbocycles. The lowest BCUT2D eigenvalue weighted by atomic mass is 9.97. The number of allylic oxidation sites excluding steroid dienone is 2. The highest BCUT2D eigenvalue weighted by atomic mass is 19.1. The van der Waals surface area contributed by atoms with Crippen molar-refractivity contribution in [3.05, 3.63) is 326 Å². The molecule has 0 saturated carbocycles. The zero-order valence-corrected chi connectivity index (χ0v) is 49.3. The third kappa shape index (κ3) is 10.2. The third-order valence-electron chi connectivity index (χ3n) is 16.9. The molecule has 15 aromatic rings. The van der Waals surface area contributed by atoms with Gasteiger partial charge in [-0.05, 0) is 122 Å². The number of hydrogen-bond acceptors (Lipinski definition) is 5. The van der Waals surface area contributed by atoms with Crippen LogP contribution in [0.1, 0.15) is 22.5 Å². The van der Waals surface area contributed by atoms with Crippen LogP contribution in [0.4, 0.5) is 8.78 Å². The summed E-state index contributed by atoms with van der Waals surface area (Å²) < 4.78 is 37.4. The average molecular weight is 1170 g/mol. The van der Waals surface area contributed by atoms with Crippen molar-refractivity contribution in [2.24, 2.45) is 0 Å². The zero-order valence-electron chi connectivity index (χ0n) is 49.3. The number of rotatable bonds is 13. The smallest absolute Gasteiger partial charge is 0.134 e. The van der Waals surface area contributed by atoms with Crippen LogP contribution in [0, 0.1) is 29.9 Å². The molecule has 91 heavy (non-hydrogen) atoms. The molecule has 0 aliphatic heterocycles. The number of hydrogen-bond donors (Lipinski definition) is 0. The minimum absolute atomic E-state index is 0.0778. The van der Waals surface area contributed by atoms with Gasteiger partial charge in [0.1, 0.15) is 11.6 Å². The summed E-state index contributed by atoms with van der Waals surface area (Å²) in [6.07, 6.45) is 3.93. The number of benzene rings is 9. The highest BCUT2D eigenvalue weighted by Crippen LogP contribution is 2.44. The van der Waals surface area contributed by atoms with E-state index in [4.69, 9.17) is 19.9 Å². The molecule has 9 aromatic carbocycles. The number of pyridine rings is 4. The van der Waals surface area contributed by atoms with Crippen LogP contribution in [-0.4, -0.2) is 29.1 Å². The molecule has 15 rings (SSSR count). The predicted molar refractivity (Wildman–Crippen MR) is 366 cm³/mol. The summed E-state index contributed by atoms with van der Waals surface area (Å²) in [6.45, 7) is 6.40. The van der Waals surface area contributed by atoms with Gasteiger partial charge in [-0.15, -0.1) is 0 Å². The van der Waals surface area contributed by atoms with E-state index >= 15 is 8.78 Å². The van der Waals surface area contributed by atoms with Crippen molar-refractivity contribution in [1.29, 1.82) is 5.26 Å². The van der Waals surface area contributed by atoms with Crippen molar-refractivity contribution < 1.29 is 8.78 Å². The van der Waals surface area contributed by atoms with Crippen molar-refractivity contribution in [3.8, 4) is 107 Å². The minimum Gasteiger partial charge on any atom is -0.311 e. The SMILES string of the molecule is C=C/C(=C\c1c(C)n(-c2cc(-c3c(F)cccc3F)c(C#N)cc2-n2c3ccc(-c4cccc(-c5ccccc5)n4)cc3c3cc(-c4cccc(-c5ccccc5)n4)ccc32)c2ccc(-c3cccc(-c4ccccc4)n3)cc12)c1cccc(-c2ccccc2)n1. The lowest BCUT2D eigenvalue weighted by Crippen LogP contribution is -2.07. The van der Waals surface area contributed by atoms with E-state index in [1.807, 2.05) is 164 Å². The molecule has 0 amide bonds. The van der Waals surface area contributed by atoms with Gasteiger partial charge in [0.2, 0.25) is 0 Å². The fraction of sp³-hybridized carbons (Fsp3) is 0.0122. The van der Waals surface area contributed by atoms with Crippen LogP contribution < -0.4 is 0 Å². The van der Waals surface area contributed by atoms with Crippen LogP contribution in [0.15, 0.2) is 292 Å². The Balaban J connectivity index is 1.01. The summed E-state index contributed by atoms with van der Waals surface area (Å²) in [6, 6.07) is 93.3. The number of nitrogens with zero attached hydrogens (tertiary/aromatic N) is 7. The van der Waals surface area contributed by atoms with Crippen molar-refractivity contribution in [2.45, 2.75) is 6.92 Å². The minimum atomic E-state index is -0.796. The average Bonchev–Trinajstić information content (AvgIpc) is 1.59. The Morgan fingerprint density at radius 3 is 1.20 bits per heavy atom. The number of halogens is 2. The van der Waals surface area contributed by atoms with Gasteiger partial charge in [-0.1, -0.05) is 183 Å². The molecule has 9 heteroatoms. The van der Waals surface area contributed by atoms with Crippen LogP contribution in [0.2, 0.25) is 0 Å². The van der Waals surface area contributed by atoms with E-state index in [1.165, 1.54) is 18.2 Å². The summed E-state index contributed by atoms with van der Waals surface area (Å²) in [7, 11) is 0. The Morgan fingerprint density at radius 2 is 0.769 bits per heavy atom. The van der Waals surface area contributed by atoms with Crippen molar-refractivity contribution in [2.75, 3.05) is 0 Å². The largest absolute Gasteiger partial charge is 0.311 e. The first-order chi connectivity index (χ1) is 44.8. The predicted octanol–water partition coefficient (Wildman–Crippen LogP) is 20.8. The van der Waals surface area contributed by atoms with Crippen molar-refractivity contribution >= 4 is 44.4 Å². The Bertz CT molecular complexity index is 5250. The lowest BCUT2D eigenvalue weighted by molar-refractivity contribution is 0.589. The molecule has 430 valence electrons. The Morgan fingerprint density at radius 1 is 0.396 bits per heavy atom. The van der Waals surface area contributed by atoms with E-state index < -0.39 is 11.6 Å². The Labute approximate surface area is 524 Å². The third-order valence-corrected chi connectivity index (χ3v) is 16.9. The number of fused-ring (bicyclic) bond motifs is 4. The maximum atomic E-state index is 16.5. The fourth-order valence-electron chi connectivity index (χ4n) is 12.5. The van der Waals surface area contributed by atoms with Gasteiger partial charge in [0.25, 0.3) is 0 Å². The lowest BCUT2D eigenvalue weighted by Gasteiger charge is -2.20. The first-order valence-electron chi connectivity index (χ1n) is 30.0. The first-order valence-corrected chi connectivity index (χ1v) is 30.0. The van der Waals surface area contributed by atoms with Crippen LogP contribution in [0.25, 0.3) is 146 Å². The van der Waals surface area contributed by atoms with Gasteiger partial charge in [0.15, 0.2) is 0 Å². The van der Waals surface area contributed by atoms with Crippen LogP contribution >= 0.6 is 0 Å². The number of nitriles is 1. The van der Waals surface area contributed by atoms with E-state index in [0.717, 1.165) is 134 Å². The quantitative estimate of drug-likeness (QED) is 0.107. The van der Waals surface area contributed by atoms with Crippen LogP contribution in [0.5, 0.6) is 0 Å². The fourth-order valence-corrected chi connectivity index (χ4v) is 12.5. The molecule has 6 aromatic heterocycles. The summed E-state index contributed by atoms with van der Waals surface area (Å²) in [5.74, 6) is -1.59. The second kappa shape index (κ2) is 23.5. The summed E-state index contributed by atoms with van der Waals surface area (Å²) in [4.78, 5) is 20.8. The van der Waals surface area contributed by atoms with E-state index in [1.54, 1.807) is 12.1 Å². The topological polar surface area (TPSA) is 85.2 Å². The monoisotopic (exact) mass is 1170 g/mol. The van der Waals surface area contributed by atoms with Gasteiger partial charge < -0.3 is 9.13 Å². The molecule has 0 atom stereocenters. The molecule has 7 nitrogen and oxygen atoms in total. The van der Waals surface area contributed by atoms with E-state index in [2.05, 4.69) is 126 Å². The molecule has 0 fully saturated rings. The Hall–Kier alpha value is -12.3. The zero-order chi connectivity index (χ0) is 61.5. The molecular weight excluding hydrogens is 1120 g/mol. The molecular formula is C82H53F2N7. The van der Waals surface area contributed by atoms with E-state index in [-0.39, 0.29) is 16.7 Å². The summed E-state index contributed by atoms with van der Waals surface area (Å²) >= 11 is 0. The molecule has 0 bridgehead atoms. The van der Waals surface area contributed by atoms with Gasteiger partial charge in [0.05, 0.1) is 90.7 Å². The molecule has 0 unspecified atom stereocenters. The molecule has 0 N–H and O–H groups in total. The highest BCUT2D eigenvalue weighted by Gasteiger charge is 2.27. The van der Waals surface area contributed by atoms with Crippen molar-refractivity contribution in [1.82, 2.24) is 29.1 Å². The first kappa shape index (κ1) is 55.3. The standard InChI is InChI=1S/C82H53F2N7/c1-3-53(69-31-17-32-70(86-69)54-21-8-4-9-22-54)45-62-52(2)90(77-42-39-58(46-64(62)77)74-36-18-33-71(87-74)55-23-10-5-11-24-55)81-50-63(82-67(83)29-16-30-68(82)84)61(51-85)49-80(81)91-78-43-40-59(75-37-19-34-72(88-75)56-25-12-6-13-26-56)47-65(78)66-48-60(41-44-79(66)91)76-38-20-35-73(89-76)57-27-14-7-15-28-57/h3-50H,1H2,2H3/b53-45+. The summed E-state index contributed by atoms with van der Waals surface area (Å²) in [5, 5.41) is 14.0. The number of aromatic nitrogens is 6. The van der Waals surface area contributed by atoms with E-state index in [9.17, 15) is 5.26 Å². The second-order valence-electron chi connectivity index (χ2n) is 22.4. The second-order valence-corrected chi connectivity index (χ2v) is 22.4. The van der Waals surface area contributed by atoms with Gasteiger partial charge in [-0.25, -0.2) is 28.7 Å². The Kier molecular flexibility index (Phi) is 14.3. The maximum Gasteiger partial charge on any atom is 0.134 e. The van der Waals surface area contributed by atoms with Crippen LogP contribution in [-0.2, 0) is 0 Å². The molecule has 6 heterocycles. The molecule has 0 spiro atoms. The van der Waals surface area contributed by atoms with Gasteiger partial charge in [0, 0.05) is 77.5 Å². The molecule has 0 radical (unpaired) electrons. The van der Waals surface area contributed by atoms with E-state index in [0.29, 0.717) is 11.4 Å². The van der Waals surface area contributed by atoms with Gasteiger partial charge >= 0.3 is 0 Å². The molecule has 0 saturated heterocycles. The molecule has 0 aliphatic rings. The van der Waals surface area contributed by atoms with Gasteiger partial charge in [-0.3, -0.25) is 0 Å². The highest BCUT2D eigenvalue weighted by molar-refractivity contribution is 6.12. The van der Waals surface area contributed by atoms with Crippen molar-refractivity contribution in [3.63, 3.8) is 0 Å². The summed E-state index contributed by atoms with van der Waals surface area (Å²) in [5.41, 5.74) is 18.9. The van der Waals surface area contributed by atoms with Gasteiger partial charge in [-0.2, -0.15) is 5.26 Å². The normalized spacial score (nSPS) is 11.6. The van der Waals surface area contributed by atoms with Crippen LogP contribution in [0.3, 0.4) is 0 Å². The maximum absolute atomic E-state index is 16.5.